The fourth-order valence-corrected chi connectivity index (χ4v) is 5.27. The Labute approximate surface area is 173 Å². The second-order valence-corrected chi connectivity index (χ2v) is 9.61. The van der Waals surface area contributed by atoms with Crippen LogP contribution in [0, 0.1) is 11.3 Å². The summed E-state index contributed by atoms with van der Waals surface area (Å²) in [7, 11) is -3.66. The molecule has 0 aliphatic carbocycles. The summed E-state index contributed by atoms with van der Waals surface area (Å²) in [6.07, 6.45) is 0. The molecule has 1 aliphatic heterocycles. The summed E-state index contributed by atoms with van der Waals surface area (Å²) in [4.78, 5) is 26.9. The van der Waals surface area contributed by atoms with Crippen molar-refractivity contribution in [1.29, 1.82) is 5.26 Å². The van der Waals surface area contributed by atoms with E-state index in [2.05, 4.69) is 5.32 Å². The number of carbonyl (C=O) groups excluding carboxylic acids is 2. The molecule has 10 heteroatoms. The van der Waals surface area contributed by atoms with Crippen molar-refractivity contribution >= 4 is 33.2 Å². The fourth-order valence-electron chi connectivity index (χ4n) is 2.94. The highest BCUT2D eigenvalue weighted by Crippen LogP contribution is 2.22. The molecule has 2 aromatic rings. The minimum Gasteiger partial charge on any atom is -0.351 e. The molecule has 3 rings (SSSR count). The number of rotatable bonds is 5. The smallest absolute Gasteiger partial charge is 0.264 e. The highest BCUT2D eigenvalue weighted by molar-refractivity contribution is 7.89. The molecule has 0 bridgehead atoms. The zero-order chi connectivity index (χ0) is 21.0. The predicted molar refractivity (Wildman–Crippen MR) is 108 cm³/mol. The molecule has 0 spiro atoms. The molecule has 0 saturated carbocycles. The van der Waals surface area contributed by atoms with E-state index in [9.17, 15) is 18.0 Å². The molecular weight excluding hydrogens is 412 g/mol. The second-order valence-electron chi connectivity index (χ2n) is 6.51. The van der Waals surface area contributed by atoms with Gasteiger partial charge in [0, 0.05) is 38.0 Å². The first-order valence-electron chi connectivity index (χ1n) is 8.94. The van der Waals surface area contributed by atoms with Crippen LogP contribution in [-0.4, -0.2) is 55.6 Å². The normalized spacial score (nSPS) is 15.0. The van der Waals surface area contributed by atoms with E-state index < -0.39 is 10.0 Å². The fraction of sp³-hybridized carbons (Fsp3) is 0.316. The van der Waals surface area contributed by atoms with E-state index in [-0.39, 0.29) is 29.8 Å². The Morgan fingerprint density at radius 3 is 2.34 bits per heavy atom. The Bertz CT molecular complexity index is 1050. The number of sulfonamides is 1. The molecule has 8 nitrogen and oxygen atoms in total. The number of nitrogens with zero attached hydrogens (tertiary/aromatic N) is 3. The van der Waals surface area contributed by atoms with Crippen LogP contribution in [0.25, 0.3) is 0 Å². The third-order valence-corrected chi connectivity index (χ3v) is 7.52. The standard InChI is InChI=1S/C19H20N4O4S2/c1-14(24)21-13-16-4-7-18(28-16)19(25)22-8-10-23(11-9-22)29(26,27)17-5-2-15(12-20)3-6-17/h2-7H,8-11,13H2,1H3,(H,21,24). The first-order chi connectivity index (χ1) is 13.8. The highest BCUT2D eigenvalue weighted by Gasteiger charge is 2.30. The van der Waals surface area contributed by atoms with Crippen molar-refractivity contribution in [2.75, 3.05) is 26.2 Å². The zero-order valence-corrected chi connectivity index (χ0v) is 17.4. The quantitative estimate of drug-likeness (QED) is 0.768. The highest BCUT2D eigenvalue weighted by atomic mass is 32.2. The number of hydrogen-bond acceptors (Lipinski definition) is 6. The number of nitriles is 1. The molecule has 152 valence electrons. The molecule has 1 fully saturated rings. The Morgan fingerprint density at radius 2 is 1.76 bits per heavy atom. The predicted octanol–water partition coefficient (Wildman–Crippen LogP) is 1.40. The summed E-state index contributed by atoms with van der Waals surface area (Å²) in [5.74, 6) is -0.273. The van der Waals surface area contributed by atoms with Crippen LogP contribution in [0.4, 0.5) is 0 Å². The maximum Gasteiger partial charge on any atom is 0.264 e. The number of carbonyl (C=O) groups is 2. The van der Waals surface area contributed by atoms with Gasteiger partial charge in [0.15, 0.2) is 0 Å². The molecular formula is C19H20N4O4S2. The summed E-state index contributed by atoms with van der Waals surface area (Å²) in [6.45, 7) is 2.83. The number of benzene rings is 1. The van der Waals surface area contributed by atoms with Gasteiger partial charge in [-0.25, -0.2) is 8.42 Å². The molecule has 29 heavy (non-hydrogen) atoms. The topological polar surface area (TPSA) is 111 Å². The van der Waals surface area contributed by atoms with Gasteiger partial charge in [-0.15, -0.1) is 11.3 Å². The van der Waals surface area contributed by atoms with Crippen molar-refractivity contribution in [3.63, 3.8) is 0 Å². The van der Waals surface area contributed by atoms with E-state index >= 15 is 0 Å². The zero-order valence-electron chi connectivity index (χ0n) is 15.8. The lowest BCUT2D eigenvalue weighted by Crippen LogP contribution is -2.50. The van der Waals surface area contributed by atoms with Gasteiger partial charge in [-0.05, 0) is 36.4 Å². The second kappa shape index (κ2) is 8.73. The summed E-state index contributed by atoms with van der Waals surface area (Å²) in [5, 5.41) is 11.5. The van der Waals surface area contributed by atoms with Crippen molar-refractivity contribution in [1.82, 2.24) is 14.5 Å². The molecule has 0 radical (unpaired) electrons. The lowest BCUT2D eigenvalue weighted by Gasteiger charge is -2.33. The van der Waals surface area contributed by atoms with Crippen LogP contribution in [0.1, 0.15) is 27.0 Å². The minimum atomic E-state index is -3.66. The molecule has 1 N–H and O–H groups in total. The van der Waals surface area contributed by atoms with Gasteiger partial charge in [-0.3, -0.25) is 9.59 Å². The van der Waals surface area contributed by atoms with E-state index in [0.717, 1.165) is 4.88 Å². The van der Waals surface area contributed by atoms with Crippen molar-refractivity contribution in [2.45, 2.75) is 18.4 Å². The molecule has 1 aromatic heterocycles. The molecule has 2 amide bonds. The first kappa shape index (κ1) is 21.0. The van der Waals surface area contributed by atoms with Gasteiger partial charge in [0.25, 0.3) is 5.91 Å². The lowest BCUT2D eigenvalue weighted by molar-refractivity contribution is -0.119. The molecule has 0 unspecified atom stereocenters. The summed E-state index contributed by atoms with van der Waals surface area (Å²) < 4.78 is 26.9. The van der Waals surface area contributed by atoms with Crippen LogP contribution in [0.2, 0.25) is 0 Å². The van der Waals surface area contributed by atoms with Crippen LogP contribution in [0.3, 0.4) is 0 Å². The van der Waals surface area contributed by atoms with E-state index in [0.29, 0.717) is 30.1 Å². The maximum absolute atomic E-state index is 12.8. The summed E-state index contributed by atoms with van der Waals surface area (Å²) in [5.41, 5.74) is 0.396. The van der Waals surface area contributed by atoms with Gasteiger partial charge in [0.2, 0.25) is 15.9 Å². The minimum absolute atomic E-state index is 0.133. The number of nitrogens with one attached hydrogen (secondary N) is 1. The van der Waals surface area contributed by atoms with Crippen LogP contribution in [0.5, 0.6) is 0 Å². The molecule has 1 aromatic carbocycles. The number of thiophene rings is 1. The van der Waals surface area contributed by atoms with E-state index in [1.54, 1.807) is 17.0 Å². The van der Waals surface area contributed by atoms with Crippen LogP contribution in [0.15, 0.2) is 41.3 Å². The average molecular weight is 433 g/mol. The van der Waals surface area contributed by atoms with Gasteiger partial charge in [0.05, 0.1) is 28.0 Å². The summed E-state index contributed by atoms with van der Waals surface area (Å²) >= 11 is 1.32. The van der Waals surface area contributed by atoms with Crippen molar-refractivity contribution in [3.8, 4) is 6.07 Å². The van der Waals surface area contributed by atoms with E-state index in [1.807, 2.05) is 6.07 Å². The molecule has 1 aliphatic rings. The van der Waals surface area contributed by atoms with Gasteiger partial charge in [0.1, 0.15) is 0 Å². The maximum atomic E-state index is 12.8. The van der Waals surface area contributed by atoms with Crippen molar-refractivity contribution in [3.05, 3.63) is 51.7 Å². The number of hydrogen-bond donors (Lipinski definition) is 1. The van der Waals surface area contributed by atoms with Gasteiger partial charge in [-0.1, -0.05) is 0 Å². The van der Waals surface area contributed by atoms with E-state index in [1.165, 1.54) is 46.8 Å². The van der Waals surface area contributed by atoms with Gasteiger partial charge >= 0.3 is 0 Å². The summed E-state index contributed by atoms with van der Waals surface area (Å²) in [6, 6.07) is 11.3. The van der Waals surface area contributed by atoms with Crippen LogP contribution in [-0.2, 0) is 21.4 Å². The number of amides is 2. The Hall–Kier alpha value is -2.74. The monoisotopic (exact) mass is 432 g/mol. The van der Waals surface area contributed by atoms with E-state index in [4.69, 9.17) is 5.26 Å². The van der Waals surface area contributed by atoms with Crippen LogP contribution >= 0.6 is 11.3 Å². The van der Waals surface area contributed by atoms with Crippen LogP contribution < -0.4 is 5.32 Å². The third-order valence-electron chi connectivity index (χ3n) is 4.53. The average Bonchev–Trinajstić information content (AvgIpc) is 3.21. The molecule has 0 atom stereocenters. The lowest BCUT2D eigenvalue weighted by atomic mass is 10.2. The Morgan fingerprint density at radius 1 is 1.10 bits per heavy atom. The third kappa shape index (κ3) is 4.82. The Kier molecular flexibility index (Phi) is 6.32. The van der Waals surface area contributed by atoms with Gasteiger partial charge < -0.3 is 10.2 Å². The SMILES string of the molecule is CC(=O)NCc1ccc(C(=O)N2CCN(S(=O)(=O)c3ccc(C#N)cc3)CC2)s1. The first-order valence-corrected chi connectivity index (χ1v) is 11.2. The Balaban J connectivity index is 1.61. The largest absolute Gasteiger partial charge is 0.351 e. The molecule has 2 heterocycles. The molecule has 1 saturated heterocycles. The van der Waals surface area contributed by atoms with Crippen molar-refractivity contribution < 1.29 is 18.0 Å². The number of piperazine rings is 1. The van der Waals surface area contributed by atoms with Crippen molar-refractivity contribution in [2.24, 2.45) is 0 Å². The van der Waals surface area contributed by atoms with Gasteiger partial charge in [-0.2, -0.15) is 9.57 Å².